The number of carbonyl (C=O) groups is 1. The van der Waals surface area contributed by atoms with Crippen LogP contribution in [0.3, 0.4) is 0 Å². The molecular weight excluding hydrogens is 230 g/mol. The lowest BCUT2D eigenvalue weighted by molar-refractivity contribution is 0.249. The summed E-state index contributed by atoms with van der Waals surface area (Å²) in [4.78, 5) is 14.4. The number of rotatable bonds is 4. The first-order chi connectivity index (χ1) is 8.74. The number of nitrogens with one attached hydrogen (secondary N) is 1. The maximum Gasteiger partial charge on any atom is 0.332 e. The molecule has 0 aliphatic rings. The molecule has 2 amide bonds. The van der Waals surface area contributed by atoms with E-state index in [0.717, 1.165) is 17.7 Å². The van der Waals surface area contributed by atoms with E-state index < -0.39 is 6.03 Å². The van der Waals surface area contributed by atoms with Gasteiger partial charge in [0.2, 0.25) is 0 Å². The van der Waals surface area contributed by atoms with Crippen LogP contribution in [0.5, 0.6) is 0 Å². The number of hydrogen-bond donors (Lipinski definition) is 2. The second-order valence-corrected chi connectivity index (χ2v) is 3.71. The number of imidazole rings is 1. The molecule has 2 aromatic rings. The SMILES string of the molecule is NC(=O)NN=Cc1cccc(Cn2ccnc2)c1. The summed E-state index contributed by atoms with van der Waals surface area (Å²) in [6.45, 7) is 0.741. The Morgan fingerprint density at radius 2 is 2.44 bits per heavy atom. The zero-order valence-corrected chi connectivity index (χ0v) is 9.65. The standard InChI is InChI=1S/C12H13N5O/c13-12(18)16-15-7-10-2-1-3-11(6-10)8-17-5-4-14-9-17/h1-7,9H,8H2,(H3,13,16,18). The first kappa shape index (κ1) is 11.8. The highest BCUT2D eigenvalue weighted by Crippen LogP contribution is 2.05. The summed E-state index contributed by atoms with van der Waals surface area (Å²) in [6, 6.07) is 7.13. The van der Waals surface area contributed by atoms with Gasteiger partial charge in [0.05, 0.1) is 12.5 Å². The highest BCUT2D eigenvalue weighted by atomic mass is 16.2. The quantitative estimate of drug-likeness (QED) is 0.618. The van der Waals surface area contributed by atoms with Crippen molar-refractivity contribution in [3.05, 3.63) is 54.1 Å². The average Bonchev–Trinajstić information content (AvgIpc) is 2.82. The van der Waals surface area contributed by atoms with Crippen LogP contribution in [0.25, 0.3) is 0 Å². The van der Waals surface area contributed by atoms with Crippen LogP contribution in [0.1, 0.15) is 11.1 Å². The fourth-order valence-electron chi connectivity index (χ4n) is 1.53. The molecule has 0 saturated heterocycles. The van der Waals surface area contributed by atoms with Crippen molar-refractivity contribution in [1.82, 2.24) is 15.0 Å². The van der Waals surface area contributed by atoms with E-state index >= 15 is 0 Å². The lowest BCUT2D eigenvalue weighted by Crippen LogP contribution is -2.24. The Labute approximate surface area is 104 Å². The number of primary amides is 1. The Morgan fingerprint density at radius 3 is 3.17 bits per heavy atom. The van der Waals surface area contributed by atoms with E-state index in [9.17, 15) is 4.79 Å². The van der Waals surface area contributed by atoms with Crippen molar-refractivity contribution in [2.45, 2.75) is 6.54 Å². The molecule has 1 aromatic carbocycles. The molecule has 18 heavy (non-hydrogen) atoms. The molecule has 0 aliphatic heterocycles. The number of carbonyl (C=O) groups excluding carboxylic acids is 1. The average molecular weight is 243 g/mol. The van der Waals surface area contributed by atoms with Crippen LogP contribution >= 0.6 is 0 Å². The van der Waals surface area contributed by atoms with Gasteiger partial charge < -0.3 is 10.3 Å². The second-order valence-electron chi connectivity index (χ2n) is 3.71. The first-order valence-corrected chi connectivity index (χ1v) is 5.37. The van der Waals surface area contributed by atoms with Crippen LogP contribution in [0.2, 0.25) is 0 Å². The molecule has 0 fully saturated rings. The molecule has 0 bridgehead atoms. The number of hydrogen-bond acceptors (Lipinski definition) is 3. The van der Waals surface area contributed by atoms with E-state index in [0.29, 0.717) is 0 Å². The topological polar surface area (TPSA) is 85.3 Å². The van der Waals surface area contributed by atoms with Crippen LogP contribution in [0.15, 0.2) is 48.1 Å². The van der Waals surface area contributed by atoms with Gasteiger partial charge in [-0.25, -0.2) is 15.2 Å². The van der Waals surface area contributed by atoms with Crippen LogP contribution in [-0.2, 0) is 6.54 Å². The van der Waals surface area contributed by atoms with Gasteiger partial charge in [-0.05, 0) is 17.2 Å². The normalized spacial score (nSPS) is 10.7. The second kappa shape index (κ2) is 5.62. The highest BCUT2D eigenvalue weighted by molar-refractivity contribution is 5.81. The van der Waals surface area contributed by atoms with Crippen molar-refractivity contribution < 1.29 is 4.79 Å². The number of nitrogens with zero attached hydrogens (tertiary/aromatic N) is 3. The summed E-state index contributed by atoms with van der Waals surface area (Å²) >= 11 is 0. The van der Waals surface area contributed by atoms with Gasteiger partial charge in [-0.1, -0.05) is 18.2 Å². The van der Waals surface area contributed by atoms with Gasteiger partial charge in [-0.2, -0.15) is 5.10 Å². The maximum absolute atomic E-state index is 10.5. The summed E-state index contributed by atoms with van der Waals surface area (Å²) in [7, 11) is 0. The molecular formula is C12H13N5O. The molecule has 6 nitrogen and oxygen atoms in total. The Bertz CT molecular complexity index is 547. The van der Waals surface area contributed by atoms with E-state index in [1.165, 1.54) is 0 Å². The Balaban J connectivity index is 2.05. The van der Waals surface area contributed by atoms with Gasteiger partial charge in [0, 0.05) is 18.9 Å². The number of benzene rings is 1. The van der Waals surface area contributed by atoms with Crippen molar-refractivity contribution in [3.63, 3.8) is 0 Å². The van der Waals surface area contributed by atoms with Gasteiger partial charge in [0.15, 0.2) is 0 Å². The van der Waals surface area contributed by atoms with E-state index in [4.69, 9.17) is 5.73 Å². The molecule has 1 aromatic heterocycles. The van der Waals surface area contributed by atoms with E-state index in [2.05, 4.69) is 15.5 Å². The number of urea groups is 1. The fraction of sp³-hybridized carbons (Fsp3) is 0.0833. The summed E-state index contributed by atoms with van der Waals surface area (Å²) < 4.78 is 1.97. The lowest BCUT2D eigenvalue weighted by Gasteiger charge is -2.03. The molecule has 6 heteroatoms. The first-order valence-electron chi connectivity index (χ1n) is 5.37. The summed E-state index contributed by atoms with van der Waals surface area (Å²) in [6.07, 6.45) is 6.94. The van der Waals surface area contributed by atoms with Crippen molar-refractivity contribution in [2.24, 2.45) is 10.8 Å². The predicted molar refractivity (Wildman–Crippen MR) is 68.1 cm³/mol. The molecule has 1 heterocycles. The van der Waals surface area contributed by atoms with Gasteiger partial charge in [0.25, 0.3) is 0 Å². The Hall–Kier alpha value is -2.63. The molecule has 0 unspecified atom stereocenters. The van der Waals surface area contributed by atoms with E-state index in [1.807, 2.05) is 35.0 Å². The highest BCUT2D eigenvalue weighted by Gasteiger charge is 1.96. The van der Waals surface area contributed by atoms with Gasteiger partial charge >= 0.3 is 6.03 Å². The molecule has 0 saturated carbocycles. The minimum absolute atomic E-state index is 0.680. The molecule has 0 aliphatic carbocycles. The molecule has 0 spiro atoms. The van der Waals surface area contributed by atoms with Gasteiger partial charge in [-0.15, -0.1) is 0 Å². The van der Waals surface area contributed by atoms with Crippen LogP contribution in [0.4, 0.5) is 4.79 Å². The van der Waals surface area contributed by atoms with Gasteiger partial charge in [-0.3, -0.25) is 0 Å². The Morgan fingerprint density at radius 1 is 1.56 bits per heavy atom. The molecule has 2 rings (SSSR count). The predicted octanol–water partition coefficient (Wildman–Crippen LogP) is 0.934. The minimum Gasteiger partial charge on any atom is -0.350 e. The molecule has 92 valence electrons. The zero-order valence-electron chi connectivity index (χ0n) is 9.65. The summed E-state index contributed by atoms with van der Waals surface area (Å²) in [5, 5.41) is 3.71. The van der Waals surface area contributed by atoms with E-state index in [-0.39, 0.29) is 0 Å². The largest absolute Gasteiger partial charge is 0.350 e. The monoisotopic (exact) mass is 243 g/mol. The van der Waals surface area contributed by atoms with Crippen molar-refractivity contribution in [3.8, 4) is 0 Å². The van der Waals surface area contributed by atoms with Crippen LogP contribution in [0, 0.1) is 0 Å². The third-order valence-corrected chi connectivity index (χ3v) is 2.26. The van der Waals surface area contributed by atoms with Gasteiger partial charge in [0.1, 0.15) is 0 Å². The van der Waals surface area contributed by atoms with E-state index in [1.54, 1.807) is 18.7 Å². The molecule has 3 N–H and O–H groups in total. The zero-order chi connectivity index (χ0) is 12.8. The third-order valence-electron chi connectivity index (χ3n) is 2.26. The number of aromatic nitrogens is 2. The van der Waals surface area contributed by atoms with Crippen LogP contribution in [-0.4, -0.2) is 21.8 Å². The summed E-state index contributed by atoms with van der Waals surface area (Å²) in [5.74, 6) is 0. The number of amides is 2. The van der Waals surface area contributed by atoms with Crippen LogP contribution < -0.4 is 11.2 Å². The van der Waals surface area contributed by atoms with Crippen molar-refractivity contribution >= 4 is 12.2 Å². The van der Waals surface area contributed by atoms with Crippen molar-refractivity contribution in [1.29, 1.82) is 0 Å². The Kier molecular flexibility index (Phi) is 3.70. The fourth-order valence-corrected chi connectivity index (χ4v) is 1.53. The lowest BCUT2D eigenvalue weighted by atomic mass is 10.1. The number of hydrazone groups is 1. The maximum atomic E-state index is 10.5. The minimum atomic E-state index is -0.680. The number of nitrogens with two attached hydrogens (primary N) is 1. The molecule has 0 atom stereocenters. The molecule has 0 radical (unpaired) electrons. The third kappa shape index (κ3) is 3.44. The smallest absolute Gasteiger partial charge is 0.332 e. The summed E-state index contributed by atoms with van der Waals surface area (Å²) in [5.41, 5.74) is 9.07. The van der Waals surface area contributed by atoms with Crippen molar-refractivity contribution in [2.75, 3.05) is 0 Å².